The summed E-state index contributed by atoms with van der Waals surface area (Å²) in [7, 11) is 0. The van der Waals surface area contributed by atoms with Crippen molar-refractivity contribution in [2.45, 2.75) is 32.9 Å². The molecule has 0 fully saturated rings. The van der Waals surface area contributed by atoms with Gasteiger partial charge in [0.15, 0.2) is 0 Å². The second-order valence-corrected chi connectivity index (χ2v) is 8.24. The molecule has 0 aliphatic rings. The third-order valence-electron chi connectivity index (χ3n) is 4.14. The first-order chi connectivity index (χ1) is 14.6. The molecule has 0 unspecified atom stereocenters. The van der Waals surface area contributed by atoms with Crippen LogP contribution in [0.3, 0.4) is 0 Å². The number of nitrogens with zero attached hydrogens (tertiary/aromatic N) is 2. The van der Waals surface area contributed by atoms with E-state index in [1.165, 1.54) is 10.8 Å². The minimum Gasteiger partial charge on any atom is -0.459 e. The number of benzene rings is 2. The van der Waals surface area contributed by atoms with E-state index in [2.05, 4.69) is 10.3 Å². The van der Waals surface area contributed by atoms with Gasteiger partial charge in [-0.2, -0.15) is 0 Å². The second kappa shape index (κ2) is 9.14. The van der Waals surface area contributed by atoms with Gasteiger partial charge in [0.25, 0.3) is 11.5 Å². The Balaban J connectivity index is 1.98. The molecule has 2 aromatic carbocycles. The number of carbonyl (C=O) groups is 2. The molecule has 1 heterocycles. The number of nitrogens with one attached hydrogen (secondary N) is 1. The molecule has 0 spiro atoms. The highest BCUT2D eigenvalue weighted by Crippen LogP contribution is 2.18. The van der Waals surface area contributed by atoms with Gasteiger partial charge >= 0.3 is 5.97 Å². The lowest BCUT2D eigenvalue weighted by molar-refractivity contribution is -0.155. The summed E-state index contributed by atoms with van der Waals surface area (Å²) in [6.45, 7) is 4.88. The van der Waals surface area contributed by atoms with Crippen LogP contribution in [0.25, 0.3) is 11.4 Å². The number of hydrogen-bond acceptors (Lipinski definition) is 5. The van der Waals surface area contributed by atoms with Crippen LogP contribution in [0.2, 0.25) is 5.02 Å². The van der Waals surface area contributed by atoms with Crippen LogP contribution < -0.4 is 10.9 Å². The van der Waals surface area contributed by atoms with Crippen molar-refractivity contribution in [2.24, 2.45) is 0 Å². The molecular weight excluding hydrogens is 418 g/mol. The van der Waals surface area contributed by atoms with Gasteiger partial charge in [-0.3, -0.25) is 19.0 Å². The maximum absolute atomic E-state index is 13.2. The smallest absolute Gasteiger partial charge is 0.326 e. The molecule has 1 aromatic heterocycles. The Labute approximate surface area is 184 Å². The lowest BCUT2D eigenvalue weighted by Crippen LogP contribution is -2.33. The standard InChI is InChI=1S/C23H22ClN3O4/c1-23(2,3)31-19(28)14-27-20(15-7-5-4-6-8-15)25-13-18(22(27)30)26-21(29)16-9-11-17(24)12-10-16/h4-13H,14H2,1-3H3,(H,26,29). The van der Waals surface area contributed by atoms with Gasteiger partial charge in [-0.1, -0.05) is 41.9 Å². The summed E-state index contributed by atoms with van der Waals surface area (Å²) in [6.07, 6.45) is 1.28. The molecule has 1 N–H and O–H groups in total. The number of esters is 1. The average Bonchev–Trinajstić information content (AvgIpc) is 2.71. The van der Waals surface area contributed by atoms with Crippen molar-refractivity contribution >= 4 is 29.2 Å². The summed E-state index contributed by atoms with van der Waals surface area (Å²) in [6, 6.07) is 15.2. The minimum absolute atomic E-state index is 0.0526. The van der Waals surface area contributed by atoms with Crippen LogP contribution in [0.4, 0.5) is 5.69 Å². The van der Waals surface area contributed by atoms with Gasteiger partial charge in [-0.25, -0.2) is 4.98 Å². The highest BCUT2D eigenvalue weighted by Gasteiger charge is 2.21. The van der Waals surface area contributed by atoms with Gasteiger partial charge in [-0.15, -0.1) is 0 Å². The van der Waals surface area contributed by atoms with Gasteiger partial charge in [-0.05, 0) is 45.0 Å². The highest BCUT2D eigenvalue weighted by molar-refractivity contribution is 6.30. The van der Waals surface area contributed by atoms with Crippen molar-refractivity contribution < 1.29 is 14.3 Å². The number of hydrogen-bond donors (Lipinski definition) is 1. The molecule has 0 radical (unpaired) electrons. The molecule has 31 heavy (non-hydrogen) atoms. The largest absolute Gasteiger partial charge is 0.459 e. The third kappa shape index (κ3) is 5.79. The van der Waals surface area contributed by atoms with E-state index in [-0.39, 0.29) is 12.2 Å². The lowest BCUT2D eigenvalue weighted by atomic mass is 10.2. The Morgan fingerprint density at radius 3 is 2.32 bits per heavy atom. The second-order valence-electron chi connectivity index (χ2n) is 7.80. The Kier molecular flexibility index (Phi) is 6.56. The number of rotatable bonds is 5. The fourth-order valence-electron chi connectivity index (χ4n) is 2.84. The molecule has 7 nitrogen and oxygen atoms in total. The maximum atomic E-state index is 13.2. The predicted molar refractivity (Wildman–Crippen MR) is 119 cm³/mol. The van der Waals surface area contributed by atoms with Gasteiger partial charge in [0.05, 0.1) is 6.20 Å². The fourth-order valence-corrected chi connectivity index (χ4v) is 2.97. The van der Waals surface area contributed by atoms with E-state index in [4.69, 9.17) is 16.3 Å². The molecule has 0 bridgehead atoms. The topological polar surface area (TPSA) is 90.3 Å². The maximum Gasteiger partial charge on any atom is 0.326 e. The van der Waals surface area contributed by atoms with Crippen LogP contribution in [0, 0.1) is 0 Å². The molecule has 160 valence electrons. The number of carbonyl (C=O) groups excluding carboxylic acids is 2. The quantitative estimate of drug-likeness (QED) is 0.603. The molecule has 3 aromatic rings. The van der Waals surface area contributed by atoms with Crippen LogP contribution in [-0.2, 0) is 16.1 Å². The average molecular weight is 440 g/mol. The Bertz CT molecular complexity index is 1150. The van der Waals surface area contributed by atoms with E-state index in [0.717, 1.165) is 0 Å². The molecule has 0 aliphatic carbocycles. The lowest BCUT2D eigenvalue weighted by Gasteiger charge is -2.20. The molecule has 1 amide bonds. The molecule has 0 saturated heterocycles. The molecule has 0 saturated carbocycles. The van der Waals surface area contributed by atoms with Crippen molar-refractivity contribution in [2.75, 3.05) is 5.32 Å². The first-order valence-corrected chi connectivity index (χ1v) is 9.96. The van der Waals surface area contributed by atoms with Gasteiger partial charge in [0.1, 0.15) is 23.7 Å². The first kappa shape index (κ1) is 22.2. The predicted octanol–water partition coefficient (Wildman–Crippen LogP) is 4.16. The van der Waals surface area contributed by atoms with E-state index >= 15 is 0 Å². The van der Waals surface area contributed by atoms with E-state index in [1.54, 1.807) is 69.3 Å². The monoisotopic (exact) mass is 439 g/mol. The third-order valence-corrected chi connectivity index (χ3v) is 4.39. The highest BCUT2D eigenvalue weighted by atomic mass is 35.5. The SMILES string of the molecule is CC(C)(C)OC(=O)Cn1c(-c2ccccc2)ncc(NC(=O)c2ccc(Cl)cc2)c1=O. The van der Waals surface area contributed by atoms with E-state index < -0.39 is 23.0 Å². The molecule has 0 aliphatic heterocycles. The molecule has 0 atom stereocenters. The number of halogens is 1. The molecule has 3 rings (SSSR count). The van der Waals surface area contributed by atoms with Crippen molar-refractivity contribution in [3.63, 3.8) is 0 Å². The minimum atomic E-state index is -0.707. The number of ether oxygens (including phenoxy) is 1. The summed E-state index contributed by atoms with van der Waals surface area (Å²) in [5.74, 6) is -0.789. The fraction of sp³-hybridized carbons (Fsp3) is 0.217. The Morgan fingerprint density at radius 1 is 1.06 bits per heavy atom. The van der Waals surface area contributed by atoms with Crippen molar-refractivity contribution in [3.8, 4) is 11.4 Å². The summed E-state index contributed by atoms with van der Waals surface area (Å²) in [5.41, 5.74) is -0.347. The molecule has 8 heteroatoms. The van der Waals surface area contributed by atoms with E-state index in [1.807, 2.05) is 6.07 Å². The van der Waals surface area contributed by atoms with Crippen molar-refractivity contribution in [3.05, 3.63) is 81.7 Å². The van der Waals surface area contributed by atoms with Crippen molar-refractivity contribution in [1.29, 1.82) is 0 Å². The number of amides is 1. The van der Waals surface area contributed by atoms with Crippen LogP contribution in [0.1, 0.15) is 31.1 Å². The van der Waals surface area contributed by atoms with Gasteiger partial charge in [0.2, 0.25) is 0 Å². The van der Waals surface area contributed by atoms with Crippen molar-refractivity contribution in [1.82, 2.24) is 9.55 Å². The Morgan fingerprint density at radius 2 is 1.71 bits per heavy atom. The summed E-state index contributed by atoms with van der Waals surface area (Å²) in [4.78, 5) is 42.5. The normalized spacial score (nSPS) is 11.1. The number of anilines is 1. The summed E-state index contributed by atoms with van der Waals surface area (Å²) in [5, 5.41) is 3.05. The van der Waals surface area contributed by atoms with Gasteiger partial charge in [0, 0.05) is 16.1 Å². The van der Waals surface area contributed by atoms with Crippen LogP contribution in [0.15, 0.2) is 65.6 Å². The van der Waals surface area contributed by atoms with E-state index in [9.17, 15) is 14.4 Å². The Hall–Kier alpha value is -3.45. The van der Waals surface area contributed by atoms with Crippen LogP contribution >= 0.6 is 11.6 Å². The van der Waals surface area contributed by atoms with Crippen LogP contribution in [0.5, 0.6) is 0 Å². The zero-order chi connectivity index (χ0) is 22.6. The van der Waals surface area contributed by atoms with Gasteiger partial charge < -0.3 is 10.1 Å². The van der Waals surface area contributed by atoms with Crippen LogP contribution in [-0.4, -0.2) is 27.0 Å². The number of aromatic nitrogens is 2. The zero-order valence-electron chi connectivity index (χ0n) is 17.4. The molecular formula is C23H22ClN3O4. The summed E-state index contributed by atoms with van der Waals surface area (Å²) < 4.78 is 6.56. The zero-order valence-corrected chi connectivity index (χ0v) is 18.1. The summed E-state index contributed by atoms with van der Waals surface area (Å²) >= 11 is 5.85. The first-order valence-electron chi connectivity index (χ1n) is 9.58. The van der Waals surface area contributed by atoms with E-state index in [0.29, 0.717) is 22.0 Å².